The molecule has 0 saturated carbocycles. The van der Waals surface area contributed by atoms with E-state index in [9.17, 15) is 9.18 Å². The Labute approximate surface area is 146 Å². The highest BCUT2D eigenvalue weighted by atomic mass is 35.5. The second kappa shape index (κ2) is 7.77. The molecule has 5 heteroatoms. The maximum absolute atomic E-state index is 14.0. The van der Waals surface area contributed by atoms with E-state index < -0.39 is 5.82 Å². The van der Waals surface area contributed by atoms with Gasteiger partial charge in [-0.25, -0.2) is 4.39 Å². The van der Waals surface area contributed by atoms with Gasteiger partial charge in [-0.05, 0) is 24.1 Å². The van der Waals surface area contributed by atoms with Crippen molar-refractivity contribution in [2.24, 2.45) is 0 Å². The average molecular weight is 347 g/mol. The molecule has 2 aromatic carbocycles. The summed E-state index contributed by atoms with van der Waals surface area (Å²) < 4.78 is 14.0. The summed E-state index contributed by atoms with van der Waals surface area (Å²) in [5, 5.41) is 0.172. The van der Waals surface area contributed by atoms with Gasteiger partial charge in [-0.3, -0.25) is 9.69 Å². The van der Waals surface area contributed by atoms with Crippen molar-refractivity contribution in [3.05, 3.63) is 70.5 Å². The molecule has 24 heavy (non-hydrogen) atoms. The van der Waals surface area contributed by atoms with Crippen LogP contribution >= 0.6 is 11.6 Å². The summed E-state index contributed by atoms with van der Waals surface area (Å²) >= 11 is 6.02. The Bertz CT molecular complexity index is 688. The first-order valence-corrected chi connectivity index (χ1v) is 8.52. The third-order valence-electron chi connectivity index (χ3n) is 4.30. The summed E-state index contributed by atoms with van der Waals surface area (Å²) in [6.07, 6.45) is 0.866. The van der Waals surface area contributed by atoms with Crippen LogP contribution < -0.4 is 0 Å². The van der Waals surface area contributed by atoms with E-state index in [0.29, 0.717) is 13.1 Å². The van der Waals surface area contributed by atoms with Crippen molar-refractivity contribution in [2.75, 3.05) is 26.2 Å². The molecule has 1 amide bonds. The second-order valence-corrected chi connectivity index (χ2v) is 6.41. The van der Waals surface area contributed by atoms with Gasteiger partial charge < -0.3 is 4.90 Å². The number of halogens is 2. The van der Waals surface area contributed by atoms with Gasteiger partial charge in [0.1, 0.15) is 5.82 Å². The quantitative estimate of drug-likeness (QED) is 0.843. The van der Waals surface area contributed by atoms with Gasteiger partial charge in [0.15, 0.2) is 0 Å². The van der Waals surface area contributed by atoms with Crippen LogP contribution in [-0.4, -0.2) is 41.9 Å². The second-order valence-electron chi connectivity index (χ2n) is 6.00. The zero-order valence-electron chi connectivity index (χ0n) is 13.4. The zero-order chi connectivity index (χ0) is 16.9. The van der Waals surface area contributed by atoms with Crippen molar-refractivity contribution < 1.29 is 9.18 Å². The van der Waals surface area contributed by atoms with Gasteiger partial charge in [0, 0.05) is 32.7 Å². The summed E-state index contributed by atoms with van der Waals surface area (Å²) in [4.78, 5) is 16.7. The van der Waals surface area contributed by atoms with E-state index in [0.717, 1.165) is 26.1 Å². The molecular formula is C19H20ClFN2O. The molecule has 3 rings (SSSR count). The first-order chi connectivity index (χ1) is 11.6. The lowest BCUT2D eigenvalue weighted by Gasteiger charge is -2.22. The largest absolute Gasteiger partial charge is 0.337 e. The fourth-order valence-electron chi connectivity index (χ4n) is 3.03. The monoisotopic (exact) mass is 346 g/mol. The Morgan fingerprint density at radius 2 is 1.79 bits per heavy atom. The molecule has 1 aliphatic rings. The molecule has 0 radical (unpaired) electrons. The topological polar surface area (TPSA) is 23.6 Å². The predicted molar refractivity (Wildman–Crippen MR) is 93.6 cm³/mol. The molecule has 2 aromatic rings. The number of benzene rings is 2. The van der Waals surface area contributed by atoms with Crippen molar-refractivity contribution in [1.82, 2.24) is 9.80 Å². The average Bonchev–Trinajstić information content (AvgIpc) is 2.81. The van der Waals surface area contributed by atoms with Gasteiger partial charge in [0.25, 0.3) is 5.91 Å². The van der Waals surface area contributed by atoms with Gasteiger partial charge in [0.05, 0.1) is 10.6 Å². The van der Waals surface area contributed by atoms with Gasteiger partial charge in [-0.1, -0.05) is 48.0 Å². The highest BCUT2D eigenvalue weighted by molar-refractivity contribution is 6.33. The summed E-state index contributed by atoms with van der Waals surface area (Å²) in [5.41, 5.74) is 1.24. The summed E-state index contributed by atoms with van der Waals surface area (Å²) in [6, 6.07) is 14.6. The van der Waals surface area contributed by atoms with Crippen LogP contribution in [0.3, 0.4) is 0 Å². The van der Waals surface area contributed by atoms with Crippen LogP contribution in [0.1, 0.15) is 22.3 Å². The van der Waals surface area contributed by atoms with Gasteiger partial charge >= 0.3 is 0 Å². The van der Waals surface area contributed by atoms with Crippen LogP contribution in [0, 0.1) is 5.82 Å². The number of rotatable bonds is 3. The molecule has 126 valence electrons. The number of hydrogen-bond donors (Lipinski definition) is 0. The van der Waals surface area contributed by atoms with E-state index in [1.54, 1.807) is 11.0 Å². The number of carbonyl (C=O) groups excluding carboxylic acids is 1. The highest BCUT2D eigenvalue weighted by Gasteiger charge is 2.24. The highest BCUT2D eigenvalue weighted by Crippen LogP contribution is 2.21. The third-order valence-corrected chi connectivity index (χ3v) is 4.62. The van der Waals surface area contributed by atoms with E-state index in [1.807, 2.05) is 18.2 Å². The standard InChI is InChI=1S/C19H20ClFN2O/c20-16-8-4-9-17(21)18(16)19(24)23-11-5-10-22(12-13-23)14-15-6-2-1-3-7-15/h1-4,6-9H,5,10-14H2. The first kappa shape index (κ1) is 16.9. The number of hydrogen-bond acceptors (Lipinski definition) is 2. The molecule has 0 atom stereocenters. The molecular weight excluding hydrogens is 327 g/mol. The van der Waals surface area contributed by atoms with Crippen LogP contribution in [0.4, 0.5) is 4.39 Å². The summed E-state index contributed by atoms with van der Waals surface area (Å²) in [6.45, 7) is 3.75. The number of carbonyl (C=O) groups is 1. The van der Waals surface area contributed by atoms with Crippen molar-refractivity contribution >= 4 is 17.5 Å². The number of nitrogens with zero attached hydrogens (tertiary/aromatic N) is 2. The van der Waals surface area contributed by atoms with Crippen LogP contribution in [0.25, 0.3) is 0 Å². The molecule has 0 aromatic heterocycles. The lowest BCUT2D eigenvalue weighted by Crippen LogP contribution is -2.35. The Morgan fingerprint density at radius 3 is 2.54 bits per heavy atom. The van der Waals surface area contributed by atoms with Crippen LogP contribution in [0.5, 0.6) is 0 Å². The first-order valence-electron chi connectivity index (χ1n) is 8.15. The summed E-state index contributed by atoms with van der Waals surface area (Å²) in [5.74, 6) is -0.877. The fraction of sp³-hybridized carbons (Fsp3) is 0.316. The molecule has 1 fully saturated rings. The Hall–Kier alpha value is -1.91. The molecule has 1 aliphatic heterocycles. The van der Waals surface area contributed by atoms with Crippen LogP contribution in [0.15, 0.2) is 48.5 Å². The minimum absolute atomic E-state index is 0.0179. The van der Waals surface area contributed by atoms with E-state index in [2.05, 4.69) is 17.0 Å². The Morgan fingerprint density at radius 1 is 1.00 bits per heavy atom. The van der Waals surface area contributed by atoms with E-state index in [-0.39, 0.29) is 16.5 Å². The molecule has 0 aliphatic carbocycles. The molecule has 0 spiro atoms. The van der Waals surface area contributed by atoms with Crippen LogP contribution in [0.2, 0.25) is 5.02 Å². The SMILES string of the molecule is O=C(c1c(F)cccc1Cl)N1CCCN(Cc2ccccc2)CC1. The van der Waals surface area contributed by atoms with Crippen LogP contribution in [-0.2, 0) is 6.54 Å². The summed E-state index contributed by atoms with van der Waals surface area (Å²) in [7, 11) is 0. The van der Waals surface area contributed by atoms with E-state index in [4.69, 9.17) is 11.6 Å². The maximum atomic E-state index is 14.0. The van der Waals surface area contributed by atoms with Crippen molar-refractivity contribution in [3.8, 4) is 0 Å². The minimum Gasteiger partial charge on any atom is -0.337 e. The van der Waals surface area contributed by atoms with Crippen molar-refractivity contribution in [2.45, 2.75) is 13.0 Å². The lowest BCUT2D eigenvalue weighted by atomic mass is 10.1. The predicted octanol–water partition coefficient (Wildman–Crippen LogP) is 3.83. The molecule has 0 unspecified atom stereocenters. The lowest BCUT2D eigenvalue weighted by molar-refractivity contribution is 0.0756. The van der Waals surface area contributed by atoms with Gasteiger partial charge in [0.2, 0.25) is 0 Å². The fourth-order valence-corrected chi connectivity index (χ4v) is 3.28. The molecule has 0 bridgehead atoms. The Kier molecular flexibility index (Phi) is 5.48. The van der Waals surface area contributed by atoms with Gasteiger partial charge in [-0.2, -0.15) is 0 Å². The maximum Gasteiger partial charge on any atom is 0.258 e. The Balaban J connectivity index is 1.66. The normalized spacial score (nSPS) is 16.0. The van der Waals surface area contributed by atoms with E-state index in [1.165, 1.54) is 17.7 Å². The molecule has 1 saturated heterocycles. The third kappa shape index (κ3) is 3.94. The molecule has 0 N–H and O–H groups in total. The number of amides is 1. The molecule has 1 heterocycles. The van der Waals surface area contributed by atoms with Gasteiger partial charge in [-0.15, -0.1) is 0 Å². The zero-order valence-corrected chi connectivity index (χ0v) is 14.2. The van der Waals surface area contributed by atoms with E-state index >= 15 is 0 Å². The smallest absolute Gasteiger partial charge is 0.258 e. The van der Waals surface area contributed by atoms with Crippen molar-refractivity contribution in [1.29, 1.82) is 0 Å². The minimum atomic E-state index is -0.558. The molecule has 3 nitrogen and oxygen atoms in total. The van der Waals surface area contributed by atoms with Crippen molar-refractivity contribution in [3.63, 3.8) is 0 Å².